The number of morpholine rings is 2. The quantitative estimate of drug-likeness (QED) is 0.0310. The summed E-state index contributed by atoms with van der Waals surface area (Å²) in [5, 5.41) is 45.3. The number of rotatable bonds is 22. The Kier molecular flexibility index (Phi) is 27.6. The number of hydrogen-bond donors (Lipinski definition) is 7. The summed E-state index contributed by atoms with van der Waals surface area (Å²) in [6.45, 7) is 11.4. The number of nitrogen functional groups attached to an aromatic ring is 1. The predicted molar refractivity (Wildman–Crippen MR) is 506 cm³/mol. The number of halogens is 2. The summed E-state index contributed by atoms with van der Waals surface area (Å²) in [6.07, 6.45) is 29.9. The van der Waals surface area contributed by atoms with Crippen molar-refractivity contribution in [2.45, 2.75) is 57.5 Å². The van der Waals surface area contributed by atoms with E-state index >= 15 is 0 Å². The third-order valence-electron chi connectivity index (χ3n) is 22.2. The highest BCUT2D eigenvalue weighted by molar-refractivity contribution is 9.10. The number of carbonyl (C=O) groups is 1. The van der Waals surface area contributed by atoms with Crippen molar-refractivity contribution in [3.63, 3.8) is 0 Å². The summed E-state index contributed by atoms with van der Waals surface area (Å²) in [7, 11) is 3.83. The van der Waals surface area contributed by atoms with Crippen LogP contribution in [-0.2, 0) is 67.3 Å². The van der Waals surface area contributed by atoms with Crippen molar-refractivity contribution in [2.75, 3.05) is 106 Å². The molecular weight excluding hydrogens is 1740 g/mol. The maximum absolute atomic E-state index is 12.6. The Balaban J connectivity index is 0.000000120. The molecule has 8 N–H and O–H groups in total. The number of aliphatic hydroxyl groups excluding tert-OH is 2. The summed E-state index contributed by atoms with van der Waals surface area (Å²) in [6, 6.07) is 54.7. The zero-order valence-corrected chi connectivity index (χ0v) is 73.8. The fourth-order valence-electron chi connectivity index (χ4n) is 15.8. The van der Waals surface area contributed by atoms with E-state index in [-0.39, 0.29) is 18.1 Å². The van der Waals surface area contributed by atoms with Crippen LogP contribution in [0.5, 0.6) is 0 Å². The fourth-order valence-corrected chi connectivity index (χ4v) is 16.6. The number of aryl methyl sites for hydroxylation is 4. The first-order valence-electron chi connectivity index (χ1n) is 42.3. The van der Waals surface area contributed by atoms with E-state index in [4.69, 9.17) is 26.6 Å². The molecule has 1 atom stereocenters. The van der Waals surface area contributed by atoms with Crippen LogP contribution in [0.1, 0.15) is 45.4 Å². The normalized spacial score (nSPS) is 14.8. The molecule has 646 valence electrons. The van der Waals surface area contributed by atoms with E-state index in [1.165, 1.54) is 17.5 Å². The number of aliphatic hydroxyl groups is 2. The number of anilines is 9. The van der Waals surface area contributed by atoms with Gasteiger partial charge >= 0.3 is 0 Å². The molecule has 1 amide bonds. The molecule has 8 aromatic heterocycles. The molecule has 4 aliphatic heterocycles. The first-order valence-corrected chi connectivity index (χ1v) is 43.8. The number of β-amino-alcohol motifs (C(OH)–C–C–N with tert-alkyl or cyclic N) is 2. The van der Waals surface area contributed by atoms with Crippen LogP contribution in [0.4, 0.5) is 52.4 Å². The number of pyridine rings is 1. The molecule has 0 spiro atoms. The summed E-state index contributed by atoms with van der Waals surface area (Å²) in [5.74, 6) is 5.56. The number of likely N-dealkylation sites (tertiary alicyclic amines) is 2. The van der Waals surface area contributed by atoms with E-state index in [2.05, 4.69) is 188 Å². The average molecular weight is 1840 g/mol. The summed E-state index contributed by atoms with van der Waals surface area (Å²) in [5.41, 5.74) is 26.8. The fraction of sp³-hybridized carbons (Fsp3) is 0.237. The van der Waals surface area contributed by atoms with E-state index in [0.717, 1.165) is 208 Å². The van der Waals surface area contributed by atoms with E-state index in [0.29, 0.717) is 82.0 Å². The highest BCUT2D eigenvalue weighted by Crippen LogP contribution is 2.34. The minimum absolute atomic E-state index is 0.108. The van der Waals surface area contributed by atoms with Gasteiger partial charge in [0.15, 0.2) is 0 Å². The molecule has 128 heavy (non-hydrogen) atoms. The Morgan fingerprint density at radius 1 is 0.461 bits per heavy atom. The number of nitrogens with zero attached hydrogens (tertiary/aromatic N) is 19. The van der Waals surface area contributed by atoms with Crippen LogP contribution in [-0.4, -0.2) is 201 Å². The lowest BCUT2D eigenvalue weighted by molar-refractivity contribution is -0.134. The zero-order valence-electron chi connectivity index (χ0n) is 70.6. The molecule has 4 aliphatic rings. The van der Waals surface area contributed by atoms with Crippen LogP contribution < -0.4 is 27.0 Å². The molecule has 1 unspecified atom stereocenters. The highest BCUT2D eigenvalue weighted by Gasteiger charge is 2.26. The molecule has 16 aromatic rings. The number of amides is 1. The van der Waals surface area contributed by atoms with Crippen LogP contribution in [0.25, 0.3) is 77.0 Å². The van der Waals surface area contributed by atoms with Gasteiger partial charge in [-0.1, -0.05) is 68.1 Å². The van der Waals surface area contributed by atoms with Crippen molar-refractivity contribution in [3.8, 4) is 45.7 Å². The van der Waals surface area contributed by atoms with Crippen molar-refractivity contribution >= 4 is 134 Å². The SMILES string of the molecule is C#Cc1cc2cnc(Nc3cccc(CC(=O)N4CCOCC4)c3)nc2cc1CCc1cncnc1.Cn1cc(-c2cc(CN3CC(O)C3)cc(Nc3ncc4cc(Br)ccc4n3)c2)cn1.Cn1cc(-c2cc(CN3CCC(O)C3)cc(Nc3ncc4cc(Br)ccc4n3)c2)cn1.Nc1cc(-c2cc(CN3CCOCC3)cc(Nc3ncc4ccccc4n3)c2)ccn1. The minimum Gasteiger partial charge on any atom is -0.392 e. The first kappa shape index (κ1) is 86.6. The second-order valence-electron chi connectivity index (χ2n) is 32.0. The number of nitrogens with two attached hydrogens (primary N) is 1. The van der Waals surface area contributed by atoms with Crippen LogP contribution in [0.2, 0.25) is 0 Å². The number of hydrogen-bond acceptors (Lipinski definition) is 26. The number of fused-ring (bicyclic) bond motifs is 4. The van der Waals surface area contributed by atoms with Gasteiger partial charge in [0.2, 0.25) is 29.7 Å². The lowest BCUT2D eigenvalue weighted by Crippen LogP contribution is -2.49. The second kappa shape index (κ2) is 40.8. The van der Waals surface area contributed by atoms with Gasteiger partial charge in [-0.05, 0) is 208 Å². The van der Waals surface area contributed by atoms with Crippen LogP contribution in [0, 0.1) is 12.3 Å². The lowest BCUT2D eigenvalue weighted by Gasteiger charge is -2.35. The topological polar surface area (TPSA) is 341 Å². The molecule has 12 heterocycles. The van der Waals surface area contributed by atoms with Crippen molar-refractivity contribution in [1.29, 1.82) is 0 Å². The molecule has 0 radical (unpaired) electrons. The Labute approximate surface area is 756 Å². The summed E-state index contributed by atoms with van der Waals surface area (Å²) in [4.78, 5) is 70.2. The van der Waals surface area contributed by atoms with Crippen LogP contribution in [0.15, 0.2) is 247 Å². The van der Waals surface area contributed by atoms with E-state index in [1.807, 2.05) is 184 Å². The van der Waals surface area contributed by atoms with Gasteiger partial charge in [-0.15, -0.1) is 6.42 Å². The second-order valence-corrected chi connectivity index (χ2v) is 33.8. The zero-order chi connectivity index (χ0) is 87.8. The third-order valence-corrected chi connectivity index (χ3v) is 23.2. The number of terminal acetylenes is 1. The maximum atomic E-state index is 12.6. The van der Waals surface area contributed by atoms with Gasteiger partial charge in [-0.3, -0.25) is 28.9 Å². The minimum atomic E-state index is -0.231. The number of aromatic nitrogens is 15. The number of carbonyl (C=O) groups excluding carboxylic acids is 1. The molecule has 0 saturated carbocycles. The number of benzene rings is 8. The molecule has 31 heteroatoms. The molecule has 4 saturated heterocycles. The van der Waals surface area contributed by atoms with E-state index in [9.17, 15) is 15.0 Å². The smallest absolute Gasteiger partial charge is 0.227 e. The molecular formula is C97H94Br2N24O5. The first-order chi connectivity index (χ1) is 62.4. The summed E-state index contributed by atoms with van der Waals surface area (Å²) < 4.78 is 16.4. The third kappa shape index (κ3) is 23.2. The van der Waals surface area contributed by atoms with Crippen molar-refractivity contribution < 1.29 is 24.5 Å². The number of para-hydroxylation sites is 1. The van der Waals surface area contributed by atoms with Gasteiger partial charge in [-0.2, -0.15) is 10.2 Å². The van der Waals surface area contributed by atoms with Crippen molar-refractivity contribution in [1.82, 2.24) is 94.0 Å². The Morgan fingerprint density at radius 3 is 1.52 bits per heavy atom. The molecule has 20 rings (SSSR count). The standard InChI is InChI=1S/C28H26N6O2.C24H24N6O.C23H23BrN6O.C22H21BrN6O/c1-2-22-14-24-18-31-28(33-26(24)15-23(22)7-6-21-16-29-19-30-17-21)32-25-5-3-4-20(12-25)13-27(35)34-8-10-36-11-9-34;25-23-14-18(5-6-26-23)20-11-17(16-30-7-9-31-10-8-30)12-21(13-20)28-24-27-15-19-3-1-2-4-22(19)29-24;1-29-13-18(11-26-29)16-6-15(12-30-5-4-21(31)14-30)7-20(9-16)27-23-25-10-17-8-19(24)2-3-22(17)28-23;1-28-11-17(9-25-28)15-4-14(10-29-12-20(30)13-29)5-19(7-15)26-22-24-8-16-6-18(23)2-3-21(16)27-22/h1,3-5,12,14-19H,6-11,13H2,(H,31,32,33);1-6,11-15H,7-10,16H2,(H2,25,26)(H,27,28,29);2-3,6-11,13,21,31H,4-5,12,14H2,1H3,(H,25,27,28);2-9,11,20,30H,10,12-13H2,1H3,(H,24,26,27). The van der Waals surface area contributed by atoms with E-state index < -0.39 is 0 Å². The molecule has 0 aliphatic carbocycles. The predicted octanol–water partition coefficient (Wildman–Crippen LogP) is 15.0. The van der Waals surface area contributed by atoms with Gasteiger partial charge in [-0.25, -0.2) is 54.8 Å². The molecule has 0 bridgehead atoms. The van der Waals surface area contributed by atoms with Crippen molar-refractivity contribution in [3.05, 3.63) is 286 Å². The van der Waals surface area contributed by atoms with Gasteiger partial charge in [0, 0.05) is 212 Å². The van der Waals surface area contributed by atoms with Gasteiger partial charge in [0.25, 0.3) is 0 Å². The Morgan fingerprint density at radius 2 is 0.969 bits per heavy atom. The monoisotopic (exact) mass is 1830 g/mol. The average Bonchev–Trinajstić information content (AvgIpc) is 1.17. The molecule has 29 nitrogen and oxygen atoms in total. The summed E-state index contributed by atoms with van der Waals surface area (Å²) >= 11 is 6.97. The highest BCUT2D eigenvalue weighted by atomic mass is 79.9. The largest absolute Gasteiger partial charge is 0.392 e. The van der Waals surface area contributed by atoms with Gasteiger partial charge < -0.3 is 51.6 Å². The number of nitrogens with one attached hydrogen (secondary N) is 4. The van der Waals surface area contributed by atoms with Gasteiger partial charge in [0.1, 0.15) is 12.1 Å². The maximum Gasteiger partial charge on any atom is 0.227 e. The lowest BCUT2D eigenvalue weighted by atomic mass is 9.99. The number of ether oxygens (including phenoxy) is 2. The van der Waals surface area contributed by atoms with Gasteiger partial charge in [0.05, 0.1) is 79.5 Å². The van der Waals surface area contributed by atoms with E-state index in [1.54, 1.807) is 21.8 Å². The van der Waals surface area contributed by atoms with Crippen LogP contribution in [0.3, 0.4) is 0 Å². The van der Waals surface area contributed by atoms with Crippen molar-refractivity contribution in [2.24, 2.45) is 14.1 Å². The Hall–Kier alpha value is -13.5. The van der Waals surface area contributed by atoms with Crippen LogP contribution >= 0.6 is 31.9 Å². The Bertz CT molecular complexity index is 6660. The molecule has 4 fully saturated rings. The molecule has 8 aromatic carbocycles.